The summed E-state index contributed by atoms with van der Waals surface area (Å²) in [6.07, 6.45) is 0.968. The van der Waals surface area contributed by atoms with Crippen molar-refractivity contribution in [1.29, 1.82) is 0 Å². The van der Waals surface area contributed by atoms with Crippen LogP contribution in [0.5, 0.6) is 5.75 Å². The molecule has 1 aliphatic rings. The number of amides is 2. The molecule has 166 valence electrons. The number of para-hydroxylation sites is 1. The van der Waals surface area contributed by atoms with Crippen molar-refractivity contribution < 1.29 is 13.9 Å². The van der Waals surface area contributed by atoms with E-state index >= 15 is 0 Å². The van der Waals surface area contributed by atoms with Gasteiger partial charge in [0.05, 0.1) is 13.7 Å². The Morgan fingerprint density at radius 1 is 1.10 bits per heavy atom. The van der Waals surface area contributed by atoms with E-state index in [1.54, 1.807) is 7.11 Å². The second kappa shape index (κ2) is 10.6. The number of hydrogen-bond donors (Lipinski definition) is 1. The molecule has 0 aliphatic carbocycles. The number of methoxy groups -OCH3 is 1. The lowest BCUT2D eigenvalue weighted by Gasteiger charge is -2.21. The molecular formula is C24H30ClN3O3. The van der Waals surface area contributed by atoms with E-state index in [1.807, 2.05) is 36.1 Å². The van der Waals surface area contributed by atoms with Crippen LogP contribution in [-0.2, 0) is 6.54 Å². The van der Waals surface area contributed by atoms with Gasteiger partial charge in [-0.15, -0.1) is 12.4 Å². The largest absolute Gasteiger partial charge is 0.496 e. The van der Waals surface area contributed by atoms with Crippen molar-refractivity contribution in [3.63, 3.8) is 0 Å². The van der Waals surface area contributed by atoms with E-state index in [1.165, 1.54) is 0 Å². The predicted octanol–water partition coefficient (Wildman–Crippen LogP) is 4.77. The quantitative estimate of drug-likeness (QED) is 0.617. The molecule has 0 saturated carbocycles. The van der Waals surface area contributed by atoms with Crippen LogP contribution in [0.3, 0.4) is 0 Å². The number of halogens is 1. The molecule has 1 N–H and O–H groups in total. The highest BCUT2D eigenvalue weighted by Gasteiger charge is 2.19. The van der Waals surface area contributed by atoms with Crippen LogP contribution in [-0.4, -0.2) is 55.7 Å². The summed E-state index contributed by atoms with van der Waals surface area (Å²) in [5, 5.41) is 3.98. The molecule has 2 amide bonds. The van der Waals surface area contributed by atoms with E-state index < -0.39 is 0 Å². The third-order valence-electron chi connectivity index (χ3n) is 5.57. The highest BCUT2D eigenvalue weighted by molar-refractivity contribution is 5.86. The summed E-state index contributed by atoms with van der Waals surface area (Å²) in [7, 11) is 1.70. The van der Waals surface area contributed by atoms with Crippen molar-refractivity contribution in [3.05, 3.63) is 54.3 Å². The molecule has 2 heterocycles. The maximum Gasteiger partial charge on any atom is 0.317 e. The number of benzene rings is 2. The molecule has 0 spiro atoms. The first-order valence-corrected chi connectivity index (χ1v) is 10.6. The highest BCUT2D eigenvalue weighted by Crippen LogP contribution is 2.32. The van der Waals surface area contributed by atoms with Gasteiger partial charge in [0.1, 0.15) is 17.1 Å². The molecule has 3 aromatic rings. The first kappa shape index (κ1) is 23.0. The summed E-state index contributed by atoms with van der Waals surface area (Å²) in [5.41, 5.74) is 3.07. The van der Waals surface area contributed by atoms with Crippen molar-refractivity contribution in [3.8, 4) is 16.9 Å². The zero-order valence-corrected chi connectivity index (χ0v) is 18.9. The molecule has 1 aromatic heterocycles. The van der Waals surface area contributed by atoms with Crippen molar-refractivity contribution in [1.82, 2.24) is 15.1 Å². The number of hydrogen-bond acceptors (Lipinski definition) is 4. The molecule has 1 saturated heterocycles. The van der Waals surface area contributed by atoms with Crippen LogP contribution >= 0.6 is 12.4 Å². The van der Waals surface area contributed by atoms with Gasteiger partial charge >= 0.3 is 6.03 Å². The van der Waals surface area contributed by atoms with Gasteiger partial charge in [-0.05, 0) is 43.2 Å². The Hall–Kier alpha value is -2.70. The SMILES string of the molecule is CCNC(=O)N1CCCN(Cc2cc3cc(-c4ccccc4OC)ccc3o2)CC1.Cl. The fourth-order valence-electron chi connectivity index (χ4n) is 4.04. The molecule has 1 fully saturated rings. The van der Waals surface area contributed by atoms with E-state index in [0.717, 1.165) is 72.8 Å². The summed E-state index contributed by atoms with van der Waals surface area (Å²) in [6.45, 7) is 6.70. The van der Waals surface area contributed by atoms with Gasteiger partial charge < -0.3 is 19.4 Å². The van der Waals surface area contributed by atoms with Crippen molar-refractivity contribution >= 4 is 29.4 Å². The number of rotatable bonds is 5. The Morgan fingerprint density at radius 2 is 1.94 bits per heavy atom. The lowest BCUT2D eigenvalue weighted by atomic mass is 10.0. The Morgan fingerprint density at radius 3 is 2.74 bits per heavy atom. The minimum atomic E-state index is 0. The normalized spacial score (nSPS) is 14.7. The van der Waals surface area contributed by atoms with Crippen molar-refractivity contribution in [2.75, 3.05) is 39.8 Å². The van der Waals surface area contributed by atoms with Crippen LogP contribution in [0.15, 0.2) is 52.9 Å². The third kappa shape index (κ3) is 5.32. The first-order valence-electron chi connectivity index (χ1n) is 10.6. The summed E-state index contributed by atoms with van der Waals surface area (Å²) in [5.74, 6) is 1.82. The number of urea groups is 1. The van der Waals surface area contributed by atoms with Crippen LogP contribution in [0.4, 0.5) is 4.79 Å². The van der Waals surface area contributed by atoms with E-state index in [2.05, 4.69) is 34.5 Å². The van der Waals surface area contributed by atoms with Gasteiger partial charge in [-0.1, -0.05) is 24.3 Å². The maximum absolute atomic E-state index is 12.1. The lowest BCUT2D eigenvalue weighted by Crippen LogP contribution is -2.41. The second-order valence-electron chi connectivity index (χ2n) is 7.62. The van der Waals surface area contributed by atoms with Gasteiger partial charge in [-0.25, -0.2) is 4.79 Å². The molecule has 2 aromatic carbocycles. The topological polar surface area (TPSA) is 58.0 Å². The van der Waals surface area contributed by atoms with E-state index in [4.69, 9.17) is 9.15 Å². The van der Waals surface area contributed by atoms with Crippen LogP contribution in [0, 0.1) is 0 Å². The van der Waals surface area contributed by atoms with Gasteiger partial charge in [-0.3, -0.25) is 4.90 Å². The van der Waals surface area contributed by atoms with Gasteiger partial charge in [-0.2, -0.15) is 0 Å². The van der Waals surface area contributed by atoms with Crippen LogP contribution in [0.25, 0.3) is 22.1 Å². The number of nitrogens with one attached hydrogen (secondary N) is 1. The van der Waals surface area contributed by atoms with E-state index in [-0.39, 0.29) is 18.4 Å². The summed E-state index contributed by atoms with van der Waals surface area (Å²) < 4.78 is 11.6. The predicted molar refractivity (Wildman–Crippen MR) is 126 cm³/mol. The minimum Gasteiger partial charge on any atom is -0.496 e. The van der Waals surface area contributed by atoms with Crippen LogP contribution in [0.2, 0.25) is 0 Å². The Labute approximate surface area is 189 Å². The second-order valence-corrected chi connectivity index (χ2v) is 7.62. The number of fused-ring (bicyclic) bond motifs is 1. The third-order valence-corrected chi connectivity index (χ3v) is 5.57. The van der Waals surface area contributed by atoms with Gasteiger partial charge in [0.25, 0.3) is 0 Å². The summed E-state index contributed by atoms with van der Waals surface area (Å²) in [6, 6.07) is 16.5. The molecular weight excluding hydrogens is 414 g/mol. The standard InChI is InChI=1S/C24H29N3O3.ClH/c1-3-25-24(28)27-12-6-11-26(13-14-27)17-20-16-19-15-18(9-10-22(19)30-20)21-7-4-5-8-23(21)29-2;/h4-5,7-10,15-16H,3,6,11-14,17H2,1-2H3,(H,25,28);1H. The van der Waals surface area contributed by atoms with E-state index in [0.29, 0.717) is 6.54 Å². The molecule has 0 radical (unpaired) electrons. The Bertz CT molecular complexity index is 1020. The number of furan rings is 1. The Balaban J connectivity index is 0.00000272. The molecule has 0 atom stereocenters. The highest BCUT2D eigenvalue weighted by atomic mass is 35.5. The fourth-order valence-corrected chi connectivity index (χ4v) is 4.04. The molecule has 0 unspecified atom stereocenters. The van der Waals surface area contributed by atoms with E-state index in [9.17, 15) is 4.79 Å². The maximum atomic E-state index is 12.1. The number of ether oxygens (including phenoxy) is 1. The lowest BCUT2D eigenvalue weighted by molar-refractivity contribution is 0.197. The fraction of sp³-hybridized carbons (Fsp3) is 0.375. The monoisotopic (exact) mass is 443 g/mol. The summed E-state index contributed by atoms with van der Waals surface area (Å²) in [4.78, 5) is 16.4. The Kier molecular flexibility index (Phi) is 7.82. The average Bonchev–Trinajstić information content (AvgIpc) is 3.01. The van der Waals surface area contributed by atoms with Crippen LogP contribution in [0.1, 0.15) is 19.1 Å². The molecule has 0 bridgehead atoms. The number of nitrogens with zero attached hydrogens (tertiary/aromatic N) is 2. The molecule has 6 nitrogen and oxygen atoms in total. The van der Waals surface area contributed by atoms with Gasteiger partial charge in [0, 0.05) is 43.7 Å². The zero-order valence-electron chi connectivity index (χ0n) is 18.1. The smallest absolute Gasteiger partial charge is 0.317 e. The van der Waals surface area contributed by atoms with Crippen molar-refractivity contribution in [2.24, 2.45) is 0 Å². The zero-order chi connectivity index (χ0) is 20.9. The molecule has 31 heavy (non-hydrogen) atoms. The molecule has 1 aliphatic heterocycles. The van der Waals surface area contributed by atoms with Crippen molar-refractivity contribution in [2.45, 2.75) is 19.9 Å². The molecule has 4 rings (SSSR count). The van der Waals surface area contributed by atoms with Gasteiger partial charge in [0.15, 0.2) is 0 Å². The van der Waals surface area contributed by atoms with Crippen LogP contribution < -0.4 is 10.1 Å². The number of carbonyl (C=O) groups is 1. The first-order chi connectivity index (χ1) is 14.7. The minimum absolute atomic E-state index is 0. The average molecular weight is 444 g/mol. The number of carbonyl (C=O) groups excluding carboxylic acids is 1. The summed E-state index contributed by atoms with van der Waals surface area (Å²) >= 11 is 0. The molecule has 7 heteroatoms. The van der Waals surface area contributed by atoms with Gasteiger partial charge in [0.2, 0.25) is 0 Å².